The third kappa shape index (κ3) is 2.92. The number of hydrogen-bond donors (Lipinski definition) is 0. The van der Waals surface area contributed by atoms with Crippen molar-refractivity contribution in [3.8, 4) is 5.75 Å². The van der Waals surface area contributed by atoms with Crippen molar-refractivity contribution in [1.29, 1.82) is 0 Å². The van der Waals surface area contributed by atoms with E-state index in [9.17, 15) is 0 Å². The zero-order valence-corrected chi connectivity index (χ0v) is 11.7. The number of benzene rings is 1. The second kappa shape index (κ2) is 5.42. The zero-order chi connectivity index (χ0) is 11.5. The minimum absolute atomic E-state index is 0.384. The van der Waals surface area contributed by atoms with Crippen LogP contribution in [0.5, 0.6) is 5.75 Å². The van der Waals surface area contributed by atoms with Crippen LogP contribution in [0.4, 0.5) is 0 Å². The van der Waals surface area contributed by atoms with Crippen LogP contribution in [0.25, 0.3) is 0 Å². The highest BCUT2D eigenvalue weighted by molar-refractivity contribution is 9.10. The Morgan fingerprint density at radius 3 is 2.88 bits per heavy atom. The van der Waals surface area contributed by atoms with Crippen molar-refractivity contribution in [2.45, 2.75) is 31.1 Å². The van der Waals surface area contributed by atoms with Crippen LogP contribution in [0.3, 0.4) is 0 Å². The van der Waals surface area contributed by atoms with Gasteiger partial charge in [-0.2, -0.15) is 0 Å². The molecule has 1 saturated carbocycles. The molecule has 0 amide bonds. The maximum absolute atomic E-state index is 6.14. The Morgan fingerprint density at radius 2 is 2.25 bits per heavy atom. The van der Waals surface area contributed by atoms with E-state index in [1.54, 1.807) is 7.11 Å². The summed E-state index contributed by atoms with van der Waals surface area (Å²) in [5.74, 6) is 1.66. The fourth-order valence-corrected chi connectivity index (χ4v) is 3.13. The predicted molar refractivity (Wildman–Crippen MR) is 71.4 cm³/mol. The molecule has 0 spiro atoms. The van der Waals surface area contributed by atoms with Gasteiger partial charge in [0, 0.05) is 9.85 Å². The highest BCUT2D eigenvalue weighted by Gasteiger charge is 2.23. The Hall–Kier alpha value is -0.210. The van der Waals surface area contributed by atoms with Gasteiger partial charge in [0.05, 0.1) is 7.11 Å². The van der Waals surface area contributed by atoms with E-state index in [-0.39, 0.29) is 0 Å². The minimum Gasteiger partial charge on any atom is -0.497 e. The van der Waals surface area contributed by atoms with Crippen molar-refractivity contribution in [3.05, 3.63) is 28.2 Å². The van der Waals surface area contributed by atoms with Gasteiger partial charge >= 0.3 is 0 Å². The van der Waals surface area contributed by atoms with Crippen LogP contribution in [0.1, 0.15) is 24.8 Å². The van der Waals surface area contributed by atoms with Gasteiger partial charge in [0.15, 0.2) is 0 Å². The Kier molecular flexibility index (Phi) is 4.15. The van der Waals surface area contributed by atoms with Crippen LogP contribution in [-0.2, 0) is 6.42 Å². The Labute approximate surface area is 110 Å². The summed E-state index contributed by atoms with van der Waals surface area (Å²) in [6, 6.07) is 6.15. The van der Waals surface area contributed by atoms with E-state index in [1.807, 2.05) is 6.07 Å². The van der Waals surface area contributed by atoms with E-state index in [1.165, 1.54) is 16.5 Å². The summed E-state index contributed by atoms with van der Waals surface area (Å²) in [6.07, 6.45) is 4.65. The first-order chi connectivity index (χ1) is 7.69. The molecule has 1 aliphatic rings. The summed E-state index contributed by atoms with van der Waals surface area (Å²) in [4.78, 5) is 0. The largest absolute Gasteiger partial charge is 0.497 e. The maximum Gasteiger partial charge on any atom is 0.119 e. The van der Waals surface area contributed by atoms with Gasteiger partial charge < -0.3 is 4.74 Å². The van der Waals surface area contributed by atoms with E-state index < -0.39 is 0 Å². The van der Waals surface area contributed by atoms with Gasteiger partial charge in [-0.3, -0.25) is 0 Å². The molecular formula is C13H16BrClO. The van der Waals surface area contributed by atoms with Crippen molar-refractivity contribution < 1.29 is 4.74 Å². The molecular weight excluding hydrogens is 287 g/mol. The molecule has 0 saturated heterocycles. The molecule has 0 radical (unpaired) electrons. The molecule has 0 bridgehead atoms. The highest BCUT2D eigenvalue weighted by atomic mass is 79.9. The lowest BCUT2D eigenvalue weighted by Crippen LogP contribution is -2.01. The molecule has 88 valence electrons. The lowest BCUT2D eigenvalue weighted by atomic mass is 9.98. The molecule has 0 N–H and O–H groups in total. The molecule has 1 aromatic carbocycles. The highest BCUT2D eigenvalue weighted by Crippen LogP contribution is 2.34. The standard InChI is InChI=1S/C13H16BrClO/c1-16-12-4-5-13(14)10(8-12)6-9-2-3-11(15)7-9/h4-5,8-9,11H,2-3,6-7H2,1H3. The summed E-state index contributed by atoms with van der Waals surface area (Å²) in [7, 11) is 1.71. The molecule has 0 aromatic heterocycles. The summed E-state index contributed by atoms with van der Waals surface area (Å²) in [6.45, 7) is 0. The van der Waals surface area contributed by atoms with E-state index in [2.05, 4.69) is 28.1 Å². The normalized spacial score (nSPS) is 24.7. The second-order valence-electron chi connectivity index (χ2n) is 4.44. The molecule has 1 nitrogen and oxygen atoms in total. The summed E-state index contributed by atoms with van der Waals surface area (Å²) >= 11 is 9.73. The van der Waals surface area contributed by atoms with Gasteiger partial charge in [0.1, 0.15) is 5.75 Å². The monoisotopic (exact) mass is 302 g/mol. The van der Waals surface area contributed by atoms with E-state index in [0.717, 1.165) is 30.9 Å². The molecule has 0 heterocycles. The topological polar surface area (TPSA) is 9.23 Å². The fraction of sp³-hybridized carbons (Fsp3) is 0.538. The van der Waals surface area contributed by atoms with Crippen molar-refractivity contribution in [3.63, 3.8) is 0 Å². The van der Waals surface area contributed by atoms with Gasteiger partial charge in [-0.05, 0) is 55.4 Å². The smallest absolute Gasteiger partial charge is 0.119 e. The van der Waals surface area contributed by atoms with Crippen LogP contribution < -0.4 is 4.74 Å². The number of alkyl halides is 1. The Balaban J connectivity index is 2.08. The van der Waals surface area contributed by atoms with Gasteiger partial charge in [-0.15, -0.1) is 11.6 Å². The first-order valence-corrected chi connectivity index (χ1v) is 6.88. The van der Waals surface area contributed by atoms with Crippen molar-refractivity contribution in [1.82, 2.24) is 0 Å². The number of hydrogen-bond acceptors (Lipinski definition) is 1. The number of ether oxygens (including phenoxy) is 1. The molecule has 2 atom stereocenters. The van der Waals surface area contributed by atoms with Crippen molar-refractivity contribution in [2.75, 3.05) is 7.11 Å². The van der Waals surface area contributed by atoms with E-state index in [0.29, 0.717) is 5.38 Å². The molecule has 2 unspecified atom stereocenters. The van der Waals surface area contributed by atoms with E-state index in [4.69, 9.17) is 16.3 Å². The van der Waals surface area contributed by atoms with Crippen LogP contribution in [0.15, 0.2) is 22.7 Å². The lowest BCUT2D eigenvalue weighted by Gasteiger charge is -2.12. The molecule has 1 fully saturated rings. The summed E-state index contributed by atoms with van der Waals surface area (Å²) in [5, 5.41) is 0.384. The minimum atomic E-state index is 0.384. The third-order valence-electron chi connectivity index (χ3n) is 3.24. The quantitative estimate of drug-likeness (QED) is 0.752. The van der Waals surface area contributed by atoms with Crippen LogP contribution in [0.2, 0.25) is 0 Å². The first kappa shape index (κ1) is 12.3. The second-order valence-corrected chi connectivity index (χ2v) is 5.91. The fourth-order valence-electron chi connectivity index (χ4n) is 2.34. The van der Waals surface area contributed by atoms with Gasteiger partial charge in [0.2, 0.25) is 0 Å². The molecule has 16 heavy (non-hydrogen) atoms. The Morgan fingerprint density at radius 1 is 1.44 bits per heavy atom. The van der Waals surface area contributed by atoms with Crippen LogP contribution >= 0.6 is 27.5 Å². The Bertz CT molecular complexity index is 367. The first-order valence-electron chi connectivity index (χ1n) is 5.65. The van der Waals surface area contributed by atoms with Crippen molar-refractivity contribution >= 4 is 27.5 Å². The molecule has 0 aliphatic heterocycles. The predicted octanol–water partition coefficient (Wildman–Crippen LogP) is 4.41. The molecule has 3 heteroatoms. The molecule has 1 aromatic rings. The molecule has 1 aliphatic carbocycles. The van der Waals surface area contributed by atoms with Crippen LogP contribution in [-0.4, -0.2) is 12.5 Å². The van der Waals surface area contributed by atoms with Crippen LogP contribution in [0, 0.1) is 5.92 Å². The summed E-state index contributed by atoms with van der Waals surface area (Å²) in [5.41, 5.74) is 1.33. The number of rotatable bonds is 3. The van der Waals surface area contributed by atoms with Crippen molar-refractivity contribution in [2.24, 2.45) is 5.92 Å². The average molecular weight is 304 g/mol. The van der Waals surface area contributed by atoms with E-state index >= 15 is 0 Å². The SMILES string of the molecule is COc1ccc(Br)c(CC2CCC(Cl)C2)c1. The lowest BCUT2D eigenvalue weighted by molar-refractivity contribution is 0.413. The molecule has 2 rings (SSSR count). The van der Waals surface area contributed by atoms with Gasteiger partial charge in [-0.25, -0.2) is 0 Å². The maximum atomic E-state index is 6.14. The average Bonchev–Trinajstić information content (AvgIpc) is 2.67. The zero-order valence-electron chi connectivity index (χ0n) is 9.38. The number of methoxy groups -OCH3 is 1. The summed E-state index contributed by atoms with van der Waals surface area (Å²) < 4.78 is 6.42. The third-order valence-corrected chi connectivity index (χ3v) is 4.41. The van der Waals surface area contributed by atoms with Gasteiger partial charge in [-0.1, -0.05) is 15.9 Å². The van der Waals surface area contributed by atoms with Gasteiger partial charge in [0.25, 0.3) is 0 Å². The number of halogens is 2.